The molecule has 180 valence electrons. The van der Waals surface area contributed by atoms with Crippen molar-refractivity contribution >= 4 is 16.7 Å². The highest BCUT2D eigenvalue weighted by molar-refractivity contribution is 5.92. The number of nitrogens with one attached hydrogen (secondary N) is 1. The number of carbonyl (C=O) groups is 1. The third kappa shape index (κ3) is 5.39. The van der Waals surface area contributed by atoms with Gasteiger partial charge in [-0.25, -0.2) is 4.79 Å². The zero-order chi connectivity index (χ0) is 24.9. The van der Waals surface area contributed by atoms with E-state index in [0.717, 1.165) is 28.9 Å². The lowest BCUT2D eigenvalue weighted by molar-refractivity contribution is -0.132. The zero-order valence-electron chi connectivity index (χ0n) is 20.6. The zero-order valence-corrected chi connectivity index (χ0v) is 20.6. The average Bonchev–Trinajstić information content (AvgIpc) is 2.88. The van der Waals surface area contributed by atoms with Crippen molar-refractivity contribution in [3.8, 4) is 5.75 Å². The number of rotatable bonds is 8. The molecule has 2 N–H and O–H groups in total. The van der Waals surface area contributed by atoms with Crippen LogP contribution in [0.5, 0.6) is 5.75 Å². The molecule has 4 rings (SSSR count). The van der Waals surface area contributed by atoms with Gasteiger partial charge in [0.05, 0.1) is 5.57 Å². The van der Waals surface area contributed by atoms with Crippen molar-refractivity contribution in [1.29, 1.82) is 0 Å². The third-order valence-electron chi connectivity index (χ3n) is 6.89. The lowest BCUT2D eigenvalue weighted by Gasteiger charge is -2.33. The summed E-state index contributed by atoms with van der Waals surface area (Å²) in [5.74, 6) is -0.120. The van der Waals surface area contributed by atoms with E-state index in [-0.39, 0.29) is 23.6 Å². The Morgan fingerprint density at radius 2 is 1.86 bits per heavy atom. The van der Waals surface area contributed by atoms with Gasteiger partial charge in [-0.2, -0.15) is 0 Å². The van der Waals surface area contributed by atoms with Crippen LogP contribution in [0.4, 0.5) is 0 Å². The van der Waals surface area contributed by atoms with Gasteiger partial charge in [0.25, 0.3) is 0 Å². The number of ether oxygens (including phenoxy) is 1. The number of allylic oxidation sites excluding steroid dienone is 3. The van der Waals surface area contributed by atoms with E-state index < -0.39 is 5.97 Å². The minimum atomic E-state index is -0.941. The van der Waals surface area contributed by atoms with Gasteiger partial charge >= 0.3 is 5.97 Å². The van der Waals surface area contributed by atoms with Crippen molar-refractivity contribution < 1.29 is 14.6 Å². The Balaban J connectivity index is 1.54. The Labute approximate surface area is 207 Å². The Morgan fingerprint density at radius 3 is 2.63 bits per heavy atom. The predicted octanol–water partition coefficient (Wildman–Crippen LogP) is 6.96. The highest BCUT2D eigenvalue weighted by atomic mass is 16.5. The van der Waals surface area contributed by atoms with E-state index in [2.05, 4.69) is 61.3 Å². The summed E-state index contributed by atoms with van der Waals surface area (Å²) in [5.41, 5.74) is 4.10. The number of hydrogen-bond donors (Lipinski definition) is 2. The number of benzene rings is 3. The van der Waals surface area contributed by atoms with E-state index in [1.807, 2.05) is 44.2 Å². The molecule has 0 unspecified atom stereocenters. The second-order valence-corrected chi connectivity index (χ2v) is 9.17. The van der Waals surface area contributed by atoms with Crippen LogP contribution in [0.15, 0.2) is 102 Å². The number of para-hydroxylation sites is 1. The van der Waals surface area contributed by atoms with Crippen molar-refractivity contribution in [3.05, 3.63) is 113 Å². The topological polar surface area (TPSA) is 58.6 Å². The molecule has 3 aromatic rings. The fourth-order valence-electron chi connectivity index (χ4n) is 4.80. The Morgan fingerprint density at radius 1 is 1.14 bits per heavy atom. The van der Waals surface area contributed by atoms with E-state index in [4.69, 9.17) is 4.74 Å². The highest BCUT2D eigenvalue weighted by Gasteiger charge is 2.30. The molecule has 3 aromatic carbocycles. The van der Waals surface area contributed by atoms with Gasteiger partial charge in [0.2, 0.25) is 0 Å². The first-order chi connectivity index (χ1) is 16.9. The summed E-state index contributed by atoms with van der Waals surface area (Å²) in [5, 5.41) is 15.9. The molecule has 0 fully saturated rings. The van der Waals surface area contributed by atoms with Gasteiger partial charge in [0.1, 0.15) is 11.9 Å². The first-order valence-electron chi connectivity index (χ1n) is 12.1. The number of aliphatic carboxylic acids is 1. The molecule has 0 amide bonds. The van der Waals surface area contributed by atoms with Crippen LogP contribution < -0.4 is 10.1 Å². The maximum absolute atomic E-state index is 11.8. The smallest absolute Gasteiger partial charge is 0.335 e. The molecule has 0 saturated carbocycles. The van der Waals surface area contributed by atoms with Gasteiger partial charge in [0, 0.05) is 24.1 Å². The maximum atomic E-state index is 11.8. The first-order valence-corrected chi connectivity index (χ1v) is 12.1. The molecule has 0 bridgehead atoms. The van der Waals surface area contributed by atoms with Gasteiger partial charge < -0.3 is 15.2 Å². The molecular formula is C31H33NO3. The molecule has 0 spiro atoms. The summed E-state index contributed by atoms with van der Waals surface area (Å²) in [6.45, 7) is 10.8. The van der Waals surface area contributed by atoms with Crippen molar-refractivity contribution in [2.24, 2.45) is 0 Å². The molecule has 3 atom stereocenters. The molecule has 4 heteroatoms. The van der Waals surface area contributed by atoms with Gasteiger partial charge in [-0.3, -0.25) is 0 Å². The van der Waals surface area contributed by atoms with Crippen LogP contribution in [0.3, 0.4) is 0 Å². The minimum absolute atomic E-state index is 0.0152. The van der Waals surface area contributed by atoms with Gasteiger partial charge in [-0.1, -0.05) is 73.3 Å². The summed E-state index contributed by atoms with van der Waals surface area (Å²) in [6.07, 6.45) is 4.19. The van der Waals surface area contributed by atoms with Crippen LogP contribution in [0.2, 0.25) is 0 Å². The SMILES string of the molecule is C=C(/C=C(C(=O)O)\C(C)=C/C)[C@@H]1C[C@@H](CN[C@H](C)c2cccc3ccccc23)Oc2ccccc21. The average molecular weight is 468 g/mol. The van der Waals surface area contributed by atoms with Crippen molar-refractivity contribution in [2.75, 3.05) is 6.54 Å². The Kier molecular flexibility index (Phi) is 7.52. The Bertz CT molecular complexity index is 1300. The van der Waals surface area contributed by atoms with E-state index in [0.29, 0.717) is 6.54 Å². The molecule has 4 nitrogen and oxygen atoms in total. The number of carboxylic acids is 1. The summed E-state index contributed by atoms with van der Waals surface area (Å²) >= 11 is 0. The predicted molar refractivity (Wildman–Crippen MR) is 143 cm³/mol. The van der Waals surface area contributed by atoms with Gasteiger partial charge in [0.15, 0.2) is 0 Å². The van der Waals surface area contributed by atoms with Crippen LogP contribution in [0.1, 0.15) is 50.3 Å². The molecule has 1 heterocycles. The number of fused-ring (bicyclic) bond motifs is 2. The molecular weight excluding hydrogens is 434 g/mol. The number of carboxylic acid groups (broad SMARTS) is 1. The summed E-state index contributed by atoms with van der Waals surface area (Å²) in [6, 6.07) is 23.0. The monoisotopic (exact) mass is 467 g/mol. The van der Waals surface area contributed by atoms with Crippen molar-refractivity contribution in [1.82, 2.24) is 5.32 Å². The number of hydrogen-bond acceptors (Lipinski definition) is 3. The minimum Gasteiger partial charge on any atom is -0.489 e. The van der Waals surface area contributed by atoms with Crippen molar-refractivity contribution in [2.45, 2.75) is 45.3 Å². The lowest BCUT2D eigenvalue weighted by Crippen LogP contribution is -2.37. The molecule has 0 saturated heterocycles. The fourth-order valence-corrected chi connectivity index (χ4v) is 4.80. The maximum Gasteiger partial charge on any atom is 0.335 e. The largest absolute Gasteiger partial charge is 0.489 e. The second-order valence-electron chi connectivity index (χ2n) is 9.17. The van der Waals surface area contributed by atoms with Crippen molar-refractivity contribution in [3.63, 3.8) is 0 Å². The molecule has 0 aliphatic carbocycles. The van der Waals surface area contributed by atoms with Crippen LogP contribution in [0, 0.1) is 0 Å². The highest BCUT2D eigenvalue weighted by Crippen LogP contribution is 2.41. The third-order valence-corrected chi connectivity index (χ3v) is 6.89. The van der Waals surface area contributed by atoms with E-state index in [1.165, 1.54) is 16.3 Å². The van der Waals surface area contributed by atoms with E-state index in [9.17, 15) is 9.90 Å². The van der Waals surface area contributed by atoms with Gasteiger partial charge in [-0.15, -0.1) is 0 Å². The standard InChI is InChI=1S/C31H33NO3/c1-5-20(2)29(31(33)34)17-21(3)28-18-24(35-30-16-9-8-14-27(28)30)19-32-22(4)25-15-10-12-23-11-6-7-13-26(23)25/h5-17,22,24,28,32H,3,18-19H2,1-2,4H3,(H,33,34)/b20-5-,29-17+/t22-,24+,28+/m1/s1. The summed E-state index contributed by atoms with van der Waals surface area (Å²) in [4.78, 5) is 11.8. The fraction of sp³-hybridized carbons (Fsp3) is 0.258. The van der Waals surface area contributed by atoms with E-state index >= 15 is 0 Å². The summed E-state index contributed by atoms with van der Waals surface area (Å²) in [7, 11) is 0. The molecule has 1 aliphatic heterocycles. The van der Waals surface area contributed by atoms with Crippen LogP contribution in [-0.2, 0) is 4.79 Å². The van der Waals surface area contributed by atoms with E-state index in [1.54, 1.807) is 6.08 Å². The quantitative estimate of drug-likeness (QED) is 0.278. The molecule has 0 radical (unpaired) electrons. The molecule has 0 aromatic heterocycles. The first kappa shape index (κ1) is 24.5. The van der Waals surface area contributed by atoms with Crippen LogP contribution >= 0.6 is 0 Å². The second kappa shape index (κ2) is 10.7. The normalized spacial score (nSPS) is 19.1. The summed E-state index contributed by atoms with van der Waals surface area (Å²) < 4.78 is 6.36. The van der Waals surface area contributed by atoms with Gasteiger partial charge in [-0.05, 0) is 66.8 Å². The lowest BCUT2D eigenvalue weighted by atomic mass is 9.83. The molecule has 35 heavy (non-hydrogen) atoms. The molecule has 1 aliphatic rings. The Hall–Kier alpha value is -3.63. The van der Waals surface area contributed by atoms with Crippen LogP contribution in [0.25, 0.3) is 10.8 Å². The van der Waals surface area contributed by atoms with Crippen LogP contribution in [-0.4, -0.2) is 23.7 Å².